The van der Waals surface area contributed by atoms with E-state index in [-0.39, 0.29) is 5.91 Å². The van der Waals surface area contributed by atoms with Crippen molar-refractivity contribution < 1.29 is 4.79 Å². The molecule has 0 aliphatic carbocycles. The van der Waals surface area contributed by atoms with Crippen LogP contribution in [0.1, 0.15) is 6.42 Å². The average molecular weight is 267 g/mol. The van der Waals surface area contributed by atoms with Gasteiger partial charge < -0.3 is 9.80 Å². The van der Waals surface area contributed by atoms with Crippen LogP contribution in [0.25, 0.3) is 0 Å². The molecule has 1 amide bonds. The summed E-state index contributed by atoms with van der Waals surface area (Å²) in [5.41, 5.74) is 0. The fraction of sp³-hybridized carbons (Fsp3) is 0.417. The Balaban J connectivity index is 1.92. The van der Waals surface area contributed by atoms with E-state index in [0.717, 1.165) is 13.1 Å². The number of nitrogens with zero attached hydrogens (tertiary/aromatic N) is 4. The first-order chi connectivity index (χ1) is 8.70. The van der Waals surface area contributed by atoms with Crippen LogP contribution in [0.3, 0.4) is 0 Å². The van der Waals surface area contributed by atoms with E-state index in [9.17, 15) is 4.79 Å². The van der Waals surface area contributed by atoms with E-state index in [1.807, 2.05) is 9.80 Å². The van der Waals surface area contributed by atoms with Crippen molar-refractivity contribution in [2.24, 2.45) is 0 Å². The lowest BCUT2D eigenvalue weighted by Gasteiger charge is -2.34. The summed E-state index contributed by atoms with van der Waals surface area (Å²) in [6, 6.07) is 0. The van der Waals surface area contributed by atoms with Crippen molar-refractivity contribution in [3.8, 4) is 0 Å². The van der Waals surface area contributed by atoms with Gasteiger partial charge in [0.05, 0.1) is 17.4 Å². The molecular formula is C12H15ClN4O. The third kappa shape index (κ3) is 2.98. The lowest BCUT2D eigenvalue weighted by molar-refractivity contribution is -0.130. The predicted octanol–water partition coefficient (Wildman–Crippen LogP) is 1.35. The van der Waals surface area contributed by atoms with E-state index in [2.05, 4.69) is 16.5 Å². The Kier molecular flexibility index (Phi) is 4.15. The fourth-order valence-corrected chi connectivity index (χ4v) is 1.97. The summed E-state index contributed by atoms with van der Waals surface area (Å²) in [4.78, 5) is 23.9. The molecule has 18 heavy (non-hydrogen) atoms. The van der Waals surface area contributed by atoms with Crippen LogP contribution in [0.5, 0.6) is 0 Å². The number of hydrogen-bond acceptors (Lipinski definition) is 4. The lowest BCUT2D eigenvalue weighted by atomic mass is 10.3. The molecule has 0 spiro atoms. The number of hydrogen-bond donors (Lipinski definition) is 0. The van der Waals surface area contributed by atoms with Crippen LogP contribution in [0, 0.1) is 0 Å². The van der Waals surface area contributed by atoms with E-state index < -0.39 is 0 Å². The fourth-order valence-electron chi connectivity index (χ4n) is 1.88. The van der Waals surface area contributed by atoms with Crippen LogP contribution in [0.4, 0.5) is 5.95 Å². The van der Waals surface area contributed by atoms with Crippen molar-refractivity contribution in [3.63, 3.8) is 0 Å². The van der Waals surface area contributed by atoms with E-state index in [4.69, 9.17) is 11.6 Å². The molecule has 0 bridgehead atoms. The molecule has 6 heteroatoms. The maximum Gasteiger partial charge on any atom is 0.226 e. The highest BCUT2D eigenvalue weighted by atomic mass is 35.5. The maximum atomic E-state index is 11.7. The number of piperazine rings is 1. The number of amides is 1. The topological polar surface area (TPSA) is 49.3 Å². The molecule has 0 aromatic carbocycles. The first kappa shape index (κ1) is 12.8. The molecule has 1 saturated heterocycles. The Hall–Kier alpha value is -1.62. The molecule has 1 aromatic rings. The Labute approximate surface area is 111 Å². The molecule has 2 rings (SSSR count). The molecule has 1 fully saturated rings. The highest BCUT2D eigenvalue weighted by Gasteiger charge is 2.21. The van der Waals surface area contributed by atoms with Gasteiger partial charge in [-0.05, 0) is 0 Å². The molecule has 0 unspecified atom stereocenters. The molecular weight excluding hydrogens is 252 g/mol. The number of carbonyl (C=O) groups is 1. The SMILES string of the molecule is C=CCC(=O)N1CCN(c2ncc(Cl)cn2)CC1. The van der Waals surface area contributed by atoms with Gasteiger partial charge in [0.25, 0.3) is 0 Å². The molecule has 1 aliphatic heterocycles. The van der Waals surface area contributed by atoms with Gasteiger partial charge in [0.15, 0.2) is 0 Å². The van der Waals surface area contributed by atoms with Crippen molar-refractivity contribution in [3.05, 3.63) is 30.1 Å². The van der Waals surface area contributed by atoms with E-state index >= 15 is 0 Å². The lowest BCUT2D eigenvalue weighted by Crippen LogP contribution is -2.49. The summed E-state index contributed by atoms with van der Waals surface area (Å²) in [5.74, 6) is 0.789. The molecule has 0 radical (unpaired) electrons. The summed E-state index contributed by atoms with van der Waals surface area (Å²) < 4.78 is 0. The highest BCUT2D eigenvalue weighted by molar-refractivity contribution is 6.30. The second-order valence-electron chi connectivity index (χ2n) is 4.06. The van der Waals surface area contributed by atoms with Crippen molar-refractivity contribution in [1.29, 1.82) is 0 Å². The van der Waals surface area contributed by atoms with Crippen LogP contribution in [-0.2, 0) is 4.79 Å². The highest BCUT2D eigenvalue weighted by Crippen LogP contribution is 2.13. The van der Waals surface area contributed by atoms with E-state index in [1.165, 1.54) is 0 Å². The summed E-state index contributed by atoms with van der Waals surface area (Å²) in [7, 11) is 0. The van der Waals surface area contributed by atoms with Gasteiger partial charge in [-0.25, -0.2) is 9.97 Å². The van der Waals surface area contributed by atoms with Crippen molar-refractivity contribution in [2.75, 3.05) is 31.1 Å². The van der Waals surface area contributed by atoms with Gasteiger partial charge in [-0.1, -0.05) is 17.7 Å². The first-order valence-corrected chi connectivity index (χ1v) is 6.19. The minimum absolute atomic E-state index is 0.127. The number of aromatic nitrogens is 2. The Morgan fingerprint density at radius 3 is 2.50 bits per heavy atom. The second-order valence-corrected chi connectivity index (χ2v) is 4.50. The molecule has 1 aliphatic rings. The summed E-state index contributed by atoms with van der Waals surface area (Å²) >= 11 is 5.74. The third-order valence-corrected chi connectivity index (χ3v) is 3.04. The van der Waals surface area contributed by atoms with Gasteiger partial charge in [-0.2, -0.15) is 0 Å². The Bertz CT molecular complexity index is 426. The van der Waals surface area contributed by atoms with Crippen LogP contribution in [0.2, 0.25) is 5.02 Å². The first-order valence-electron chi connectivity index (χ1n) is 5.82. The number of rotatable bonds is 3. The van der Waals surface area contributed by atoms with E-state index in [1.54, 1.807) is 18.5 Å². The van der Waals surface area contributed by atoms with Gasteiger partial charge >= 0.3 is 0 Å². The third-order valence-electron chi connectivity index (χ3n) is 2.84. The van der Waals surface area contributed by atoms with Crippen LogP contribution in [0.15, 0.2) is 25.0 Å². The molecule has 1 aromatic heterocycles. The van der Waals surface area contributed by atoms with Gasteiger partial charge in [-0.3, -0.25) is 4.79 Å². The maximum absolute atomic E-state index is 11.7. The molecule has 0 N–H and O–H groups in total. The van der Waals surface area contributed by atoms with E-state index in [0.29, 0.717) is 30.5 Å². The zero-order chi connectivity index (χ0) is 13.0. The molecule has 2 heterocycles. The Morgan fingerprint density at radius 2 is 1.94 bits per heavy atom. The predicted molar refractivity (Wildman–Crippen MR) is 70.6 cm³/mol. The molecule has 96 valence electrons. The van der Waals surface area contributed by atoms with Crippen LogP contribution < -0.4 is 4.90 Å². The Morgan fingerprint density at radius 1 is 1.33 bits per heavy atom. The number of halogens is 1. The zero-order valence-corrected chi connectivity index (χ0v) is 10.8. The smallest absolute Gasteiger partial charge is 0.226 e. The van der Waals surface area contributed by atoms with Crippen LogP contribution in [-0.4, -0.2) is 47.0 Å². The largest absolute Gasteiger partial charge is 0.339 e. The second kappa shape index (κ2) is 5.82. The van der Waals surface area contributed by atoms with Crippen molar-refractivity contribution in [2.45, 2.75) is 6.42 Å². The minimum Gasteiger partial charge on any atom is -0.339 e. The van der Waals surface area contributed by atoms with Crippen molar-refractivity contribution >= 4 is 23.5 Å². The normalized spacial score (nSPS) is 15.6. The average Bonchev–Trinajstić information content (AvgIpc) is 2.40. The standard InChI is InChI=1S/C12H15ClN4O/c1-2-3-11(18)16-4-6-17(7-5-16)12-14-8-10(13)9-15-12/h2,8-9H,1,3-7H2. The summed E-state index contributed by atoms with van der Waals surface area (Å²) in [6.45, 7) is 6.44. The monoisotopic (exact) mass is 266 g/mol. The molecule has 5 nitrogen and oxygen atoms in total. The number of anilines is 1. The molecule has 0 atom stereocenters. The molecule has 0 saturated carbocycles. The quantitative estimate of drug-likeness (QED) is 0.775. The summed E-state index contributed by atoms with van der Waals surface area (Å²) in [6.07, 6.45) is 5.20. The van der Waals surface area contributed by atoms with Gasteiger partial charge in [0.1, 0.15) is 0 Å². The van der Waals surface area contributed by atoms with Gasteiger partial charge in [0.2, 0.25) is 11.9 Å². The summed E-state index contributed by atoms with van der Waals surface area (Å²) in [5, 5.41) is 0.526. The minimum atomic E-state index is 0.127. The zero-order valence-electron chi connectivity index (χ0n) is 10.0. The van der Waals surface area contributed by atoms with Gasteiger partial charge in [0, 0.05) is 32.6 Å². The number of carbonyl (C=O) groups excluding carboxylic acids is 1. The van der Waals surface area contributed by atoms with Crippen molar-refractivity contribution in [1.82, 2.24) is 14.9 Å². The van der Waals surface area contributed by atoms with Crippen LogP contribution >= 0.6 is 11.6 Å². The van der Waals surface area contributed by atoms with Gasteiger partial charge in [-0.15, -0.1) is 6.58 Å².